The van der Waals surface area contributed by atoms with Gasteiger partial charge >= 0.3 is 0 Å². The van der Waals surface area contributed by atoms with Crippen LogP contribution in [-0.4, -0.2) is 44.8 Å². The van der Waals surface area contributed by atoms with E-state index in [1.807, 2.05) is 0 Å². The molecule has 0 bridgehead atoms. The number of hydrogen-bond acceptors (Lipinski definition) is 5. The summed E-state index contributed by atoms with van der Waals surface area (Å²) in [5, 5.41) is 0. The highest BCUT2D eigenvalue weighted by Crippen LogP contribution is 2.42. The average Bonchev–Trinajstić information content (AvgIpc) is 3.48. The van der Waals surface area contributed by atoms with Gasteiger partial charge in [-0.15, -0.1) is 0 Å². The van der Waals surface area contributed by atoms with Gasteiger partial charge in [-0.05, 0) is 18.2 Å². The van der Waals surface area contributed by atoms with Gasteiger partial charge in [0.2, 0.25) is 0 Å². The van der Waals surface area contributed by atoms with Crippen LogP contribution in [0.2, 0.25) is 0 Å². The molecule has 7 nitrogen and oxygen atoms in total. The zero-order chi connectivity index (χ0) is 25.2. The van der Waals surface area contributed by atoms with E-state index in [1.165, 1.54) is 23.4 Å². The normalized spacial score (nSPS) is 18.3. The number of ether oxygens (including phenoxy) is 1. The van der Waals surface area contributed by atoms with Crippen molar-refractivity contribution in [2.75, 3.05) is 19.4 Å². The van der Waals surface area contributed by atoms with E-state index in [0.717, 1.165) is 5.56 Å². The number of nitrogens with two attached hydrogens (primary N) is 1. The van der Waals surface area contributed by atoms with E-state index >= 15 is 4.39 Å². The Labute approximate surface area is 203 Å². The molecule has 36 heavy (non-hydrogen) atoms. The maximum absolute atomic E-state index is 15.0. The summed E-state index contributed by atoms with van der Waals surface area (Å²) in [5.74, 6) is 2.44. The van der Waals surface area contributed by atoms with Crippen LogP contribution in [0, 0.1) is 23.6 Å². The number of alkyl halides is 2. The quantitative estimate of drug-likeness (QED) is 0.425. The molecule has 182 valence electrons. The van der Waals surface area contributed by atoms with Crippen molar-refractivity contribution in [3.63, 3.8) is 0 Å². The third kappa shape index (κ3) is 3.59. The van der Waals surface area contributed by atoms with E-state index in [1.54, 1.807) is 35.8 Å². The smallest absolute Gasteiger partial charge is 0.257 e. The molecule has 0 saturated heterocycles. The van der Waals surface area contributed by atoms with E-state index in [-0.39, 0.29) is 36.7 Å². The van der Waals surface area contributed by atoms with Gasteiger partial charge in [-0.1, -0.05) is 17.9 Å². The second-order valence-electron chi connectivity index (χ2n) is 9.19. The first kappa shape index (κ1) is 22.2. The SMILES string of the molecule is CN(C(=O)c1cc2c(cc1F)nc(N)c1cncn12)[C@@H]1COc2cc(C#CC3CC(F)(F)C3)ccc21. The molecule has 1 aliphatic heterocycles. The number of fused-ring (bicyclic) bond motifs is 4. The highest BCUT2D eigenvalue weighted by molar-refractivity contribution is 5.98. The van der Waals surface area contributed by atoms with Gasteiger partial charge in [-0.3, -0.25) is 9.20 Å². The van der Waals surface area contributed by atoms with Gasteiger partial charge < -0.3 is 15.4 Å². The lowest BCUT2D eigenvalue weighted by Crippen LogP contribution is -2.34. The predicted octanol–water partition coefficient (Wildman–Crippen LogP) is 4.21. The number of carbonyl (C=O) groups excluding carboxylic acids is 1. The van der Waals surface area contributed by atoms with Crippen molar-refractivity contribution in [1.82, 2.24) is 19.3 Å². The zero-order valence-electron chi connectivity index (χ0n) is 19.1. The Kier molecular flexibility index (Phi) is 4.86. The highest BCUT2D eigenvalue weighted by Gasteiger charge is 2.44. The van der Waals surface area contributed by atoms with Gasteiger partial charge in [0.05, 0.1) is 35.2 Å². The number of amides is 1. The molecule has 6 rings (SSSR count). The number of benzene rings is 2. The van der Waals surface area contributed by atoms with Gasteiger partial charge in [0.1, 0.15) is 29.5 Å². The maximum Gasteiger partial charge on any atom is 0.257 e. The molecule has 0 spiro atoms. The fourth-order valence-electron chi connectivity index (χ4n) is 4.73. The molecule has 0 unspecified atom stereocenters. The molecule has 1 atom stereocenters. The van der Waals surface area contributed by atoms with Crippen LogP contribution in [0.25, 0.3) is 16.6 Å². The van der Waals surface area contributed by atoms with Gasteiger partial charge in [0, 0.05) is 43.0 Å². The van der Waals surface area contributed by atoms with E-state index in [2.05, 4.69) is 21.8 Å². The Hall–Kier alpha value is -4.26. The fraction of sp³-hybridized carbons (Fsp3) is 0.269. The number of anilines is 1. The third-order valence-corrected chi connectivity index (χ3v) is 6.76. The van der Waals surface area contributed by atoms with E-state index in [9.17, 15) is 13.6 Å². The average molecular weight is 491 g/mol. The molecular weight excluding hydrogens is 471 g/mol. The number of hydrogen-bond donors (Lipinski definition) is 1. The van der Waals surface area contributed by atoms with Crippen LogP contribution in [0.3, 0.4) is 0 Å². The lowest BCUT2D eigenvalue weighted by Gasteiger charge is -2.31. The molecule has 2 N–H and O–H groups in total. The number of aromatic nitrogens is 3. The third-order valence-electron chi connectivity index (χ3n) is 6.76. The Morgan fingerprint density at radius 1 is 1.25 bits per heavy atom. The molecule has 10 heteroatoms. The lowest BCUT2D eigenvalue weighted by atomic mass is 9.82. The number of rotatable bonds is 2. The molecular formula is C26H20F3N5O2. The number of imidazole rings is 1. The van der Waals surface area contributed by atoms with E-state index < -0.39 is 23.7 Å². The molecule has 1 amide bonds. The van der Waals surface area contributed by atoms with Gasteiger partial charge in [-0.25, -0.2) is 23.1 Å². The van der Waals surface area contributed by atoms with Crippen LogP contribution in [0.4, 0.5) is 19.0 Å². The Balaban J connectivity index is 1.27. The number of nitrogen functional groups attached to an aromatic ring is 1. The Bertz CT molecular complexity index is 1610. The van der Waals surface area contributed by atoms with Crippen LogP contribution in [0.5, 0.6) is 5.75 Å². The first-order valence-corrected chi connectivity index (χ1v) is 11.3. The largest absolute Gasteiger partial charge is 0.491 e. The van der Waals surface area contributed by atoms with Crippen LogP contribution in [-0.2, 0) is 0 Å². The summed E-state index contributed by atoms with van der Waals surface area (Å²) in [6, 6.07) is 7.51. The summed E-state index contributed by atoms with van der Waals surface area (Å²) in [5.41, 5.74) is 8.61. The topological polar surface area (TPSA) is 85.8 Å². The minimum Gasteiger partial charge on any atom is -0.491 e. The van der Waals surface area contributed by atoms with Crippen LogP contribution in [0.1, 0.15) is 40.4 Å². The van der Waals surface area contributed by atoms with E-state index in [0.29, 0.717) is 27.9 Å². The lowest BCUT2D eigenvalue weighted by molar-refractivity contribution is -0.0936. The summed E-state index contributed by atoms with van der Waals surface area (Å²) in [4.78, 5) is 23.1. The summed E-state index contributed by atoms with van der Waals surface area (Å²) >= 11 is 0. The molecule has 2 aromatic heterocycles. The molecule has 2 aromatic carbocycles. The molecule has 4 aromatic rings. The van der Waals surface area contributed by atoms with Gasteiger partial charge in [-0.2, -0.15) is 0 Å². The summed E-state index contributed by atoms with van der Waals surface area (Å²) in [6.45, 7) is 0.197. The minimum absolute atomic E-state index is 0.111. The predicted molar refractivity (Wildman–Crippen MR) is 126 cm³/mol. The van der Waals surface area contributed by atoms with Gasteiger partial charge in [0.25, 0.3) is 11.8 Å². The van der Waals surface area contributed by atoms with Crippen molar-refractivity contribution in [1.29, 1.82) is 0 Å². The molecule has 1 aliphatic carbocycles. The number of halogens is 3. The Morgan fingerprint density at radius 3 is 2.83 bits per heavy atom. The van der Waals surface area contributed by atoms with Crippen molar-refractivity contribution >= 4 is 28.3 Å². The van der Waals surface area contributed by atoms with Crippen molar-refractivity contribution < 1.29 is 22.7 Å². The van der Waals surface area contributed by atoms with Crippen molar-refractivity contribution in [2.45, 2.75) is 24.8 Å². The molecule has 2 aliphatic rings. The van der Waals surface area contributed by atoms with Crippen LogP contribution < -0.4 is 10.5 Å². The molecule has 1 saturated carbocycles. The van der Waals surface area contributed by atoms with Crippen LogP contribution >= 0.6 is 0 Å². The zero-order valence-corrected chi connectivity index (χ0v) is 19.1. The summed E-state index contributed by atoms with van der Waals surface area (Å²) < 4.78 is 48.5. The number of nitrogens with zero attached hydrogens (tertiary/aromatic N) is 4. The Morgan fingerprint density at radius 2 is 2.06 bits per heavy atom. The van der Waals surface area contributed by atoms with Crippen molar-refractivity contribution in [3.05, 3.63) is 65.4 Å². The standard InChI is InChI=1S/C26H20F3N5O2/c1-33(22-12-36-23-6-14(4-5-16(22)23)2-3-15-9-26(28,29)10-15)25(35)17-7-20-19(8-18(17)27)32-24(30)21-11-31-13-34(20)21/h4-8,11,13,15,22H,9-10,12H2,1H3,(H2,30,32)/t22-/m1/s1. The summed E-state index contributed by atoms with van der Waals surface area (Å²) in [6.07, 6.45) is 2.66. The fourth-order valence-corrected chi connectivity index (χ4v) is 4.73. The molecule has 3 heterocycles. The highest BCUT2D eigenvalue weighted by atomic mass is 19.3. The van der Waals surface area contributed by atoms with Crippen LogP contribution in [0.15, 0.2) is 42.9 Å². The van der Waals surface area contributed by atoms with Gasteiger partial charge in [0.15, 0.2) is 0 Å². The monoisotopic (exact) mass is 491 g/mol. The van der Waals surface area contributed by atoms with Crippen molar-refractivity contribution in [3.8, 4) is 17.6 Å². The number of likely N-dealkylation sites (N-methyl/N-ethyl adjacent to an activating group) is 1. The maximum atomic E-state index is 15.0. The second-order valence-corrected chi connectivity index (χ2v) is 9.19. The molecule has 1 fully saturated rings. The first-order valence-electron chi connectivity index (χ1n) is 11.3. The summed E-state index contributed by atoms with van der Waals surface area (Å²) in [7, 11) is 1.59. The van der Waals surface area contributed by atoms with E-state index in [4.69, 9.17) is 10.5 Å². The van der Waals surface area contributed by atoms with Crippen molar-refractivity contribution in [2.24, 2.45) is 5.92 Å². The second kappa shape index (κ2) is 7.88. The minimum atomic E-state index is -2.61. The number of carbonyl (C=O) groups is 1. The first-order chi connectivity index (χ1) is 17.2. The molecule has 0 radical (unpaired) electrons.